The first-order chi connectivity index (χ1) is 10.7. The summed E-state index contributed by atoms with van der Waals surface area (Å²) in [7, 11) is 0. The third-order valence-corrected chi connectivity index (χ3v) is 5.11. The zero-order chi connectivity index (χ0) is 15.5. The Hall–Kier alpha value is -1.53. The van der Waals surface area contributed by atoms with Crippen LogP contribution >= 0.6 is 11.8 Å². The minimum atomic E-state index is -0.117. The summed E-state index contributed by atoms with van der Waals surface area (Å²) >= 11 is 1.51. The summed E-state index contributed by atoms with van der Waals surface area (Å²) in [6.45, 7) is 8.80. The number of aromatic amines is 1. The number of carbonyl (C=O) groups excluding carboxylic acids is 1. The number of hydrogen-bond donors (Lipinski definition) is 1. The third-order valence-electron chi connectivity index (χ3n) is 4.14. The van der Waals surface area contributed by atoms with Crippen molar-refractivity contribution >= 4 is 28.7 Å². The Kier molecular flexibility index (Phi) is 4.69. The number of imidazole rings is 1. The lowest BCUT2D eigenvalue weighted by molar-refractivity contribution is -0.132. The number of H-pyrrole nitrogens is 1. The first kappa shape index (κ1) is 15.4. The lowest BCUT2D eigenvalue weighted by atomic mass is 10.3. The van der Waals surface area contributed by atoms with Crippen LogP contribution in [0.5, 0.6) is 0 Å². The Bertz CT molecular complexity index is 615. The van der Waals surface area contributed by atoms with Crippen LogP contribution in [-0.2, 0) is 4.79 Å². The highest BCUT2D eigenvalue weighted by Crippen LogP contribution is 2.24. The van der Waals surface area contributed by atoms with E-state index in [2.05, 4.69) is 21.8 Å². The van der Waals surface area contributed by atoms with Crippen LogP contribution in [0, 0.1) is 0 Å². The average molecular weight is 318 g/mol. The van der Waals surface area contributed by atoms with Gasteiger partial charge in [-0.15, -0.1) is 0 Å². The predicted octanol–water partition coefficient (Wildman–Crippen LogP) is 2.21. The molecule has 1 aromatic heterocycles. The van der Waals surface area contributed by atoms with Crippen LogP contribution < -0.4 is 0 Å². The largest absolute Gasteiger partial charge is 0.339 e. The molecule has 1 atom stereocenters. The fraction of sp³-hybridized carbons (Fsp3) is 0.500. The van der Waals surface area contributed by atoms with E-state index in [-0.39, 0.29) is 11.2 Å². The molecule has 5 nitrogen and oxygen atoms in total. The molecule has 6 heteroatoms. The number of nitrogens with zero attached hydrogens (tertiary/aromatic N) is 3. The number of aromatic nitrogens is 2. The molecule has 0 bridgehead atoms. The minimum absolute atomic E-state index is 0.117. The Morgan fingerprint density at radius 1 is 1.32 bits per heavy atom. The number of carbonyl (C=O) groups is 1. The van der Waals surface area contributed by atoms with Gasteiger partial charge in [0.1, 0.15) is 0 Å². The SMILES string of the molecule is CCN1CCN(C(=O)[C@@H](C)Sc2nc3ccccc3[nH]2)CC1. The third kappa shape index (κ3) is 3.28. The van der Waals surface area contributed by atoms with Crippen molar-refractivity contribution in [2.75, 3.05) is 32.7 Å². The maximum atomic E-state index is 12.6. The summed E-state index contributed by atoms with van der Waals surface area (Å²) < 4.78 is 0. The fourth-order valence-electron chi connectivity index (χ4n) is 2.74. The van der Waals surface area contributed by atoms with Gasteiger partial charge in [0.15, 0.2) is 5.16 Å². The molecule has 2 heterocycles. The molecular weight excluding hydrogens is 296 g/mol. The molecular formula is C16H22N4OS. The van der Waals surface area contributed by atoms with Crippen LogP contribution in [0.25, 0.3) is 11.0 Å². The van der Waals surface area contributed by atoms with Crippen LogP contribution in [0.15, 0.2) is 29.4 Å². The summed E-state index contributed by atoms with van der Waals surface area (Å²) in [4.78, 5) is 24.7. The van der Waals surface area contributed by atoms with E-state index in [9.17, 15) is 4.79 Å². The van der Waals surface area contributed by atoms with Gasteiger partial charge in [-0.25, -0.2) is 4.98 Å². The molecule has 1 N–H and O–H groups in total. The lowest BCUT2D eigenvalue weighted by Gasteiger charge is -2.35. The van der Waals surface area contributed by atoms with Crippen molar-refractivity contribution < 1.29 is 4.79 Å². The van der Waals surface area contributed by atoms with Gasteiger partial charge in [-0.3, -0.25) is 4.79 Å². The molecule has 0 spiro atoms. The number of hydrogen-bond acceptors (Lipinski definition) is 4. The summed E-state index contributed by atoms with van der Waals surface area (Å²) in [5.41, 5.74) is 1.96. The Morgan fingerprint density at radius 2 is 2.05 bits per heavy atom. The molecule has 1 aliphatic heterocycles. The maximum Gasteiger partial charge on any atom is 0.235 e. The van der Waals surface area contributed by atoms with Gasteiger partial charge in [0.05, 0.1) is 16.3 Å². The normalized spacial score (nSPS) is 17.8. The minimum Gasteiger partial charge on any atom is -0.339 e. The first-order valence-electron chi connectivity index (χ1n) is 7.80. The van der Waals surface area contributed by atoms with Crippen molar-refractivity contribution in [3.8, 4) is 0 Å². The number of piperazine rings is 1. The second kappa shape index (κ2) is 6.71. The number of para-hydroxylation sites is 2. The molecule has 22 heavy (non-hydrogen) atoms. The summed E-state index contributed by atoms with van der Waals surface area (Å²) in [6.07, 6.45) is 0. The van der Waals surface area contributed by atoms with Crippen molar-refractivity contribution in [2.45, 2.75) is 24.3 Å². The van der Waals surface area contributed by atoms with Crippen LogP contribution in [0.4, 0.5) is 0 Å². The van der Waals surface area contributed by atoms with Crippen molar-refractivity contribution in [2.24, 2.45) is 0 Å². The Labute approximate surface area is 135 Å². The number of likely N-dealkylation sites (N-methyl/N-ethyl adjacent to an activating group) is 1. The van der Waals surface area contributed by atoms with Gasteiger partial charge < -0.3 is 14.8 Å². The van der Waals surface area contributed by atoms with Gasteiger partial charge >= 0.3 is 0 Å². The Balaban J connectivity index is 1.61. The highest BCUT2D eigenvalue weighted by atomic mass is 32.2. The van der Waals surface area contributed by atoms with E-state index in [1.165, 1.54) is 11.8 Å². The van der Waals surface area contributed by atoms with Crippen molar-refractivity contribution in [1.82, 2.24) is 19.8 Å². The molecule has 1 amide bonds. The van der Waals surface area contributed by atoms with Crippen molar-refractivity contribution in [3.05, 3.63) is 24.3 Å². The number of benzene rings is 1. The second-order valence-electron chi connectivity index (χ2n) is 5.58. The standard InChI is InChI=1S/C16H22N4OS/c1-3-19-8-10-20(11-9-19)15(21)12(2)22-16-17-13-6-4-5-7-14(13)18-16/h4-7,12H,3,8-11H2,1-2H3,(H,17,18)/t12-/m1/s1. The fourth-order valence-corrected chi connectivity index (χ4v) is 3.65. The van der Waals surface area contributed by atoms with Crippen molar-refractivity contribution in [1.29, 1.82) is 0 Å². The van der Waals surface area contributed by atoms with Gasteiger partial charge in [-0.05, 0) is 25.6 Å². The Morgan fingerprint density at radius 3 is 2.73 bits per heavy atom. The van der Waals surface area contributed by atoms with E-state index in [0.717, 1.165) is 48.9 Å². The summed E-state index contributed by atoms with van der Waals surface area (Å²) in [5.74, 6) is 0.209. The molecule has 0 aliphatic carbocycles. The average Bonchev–Trinajstić information content (AvgIpc) is 2.96. The van der Waals surface area contributed by atoms with E-state index in [1.54, 1.807) is 0 Å². The number of rotatable bonds is 4. The number of amides is 1. The molecule has 1 aromatic carbocycles. The molecule has 118 valence electrons. The summed E-state index contributed by atoms with van der Waals surface area (Å²) in [6, 6.07) is 7.94. The van der Waals surface area contributed by atoms with E-state index in [0.29, 0.717) is 0 Å². The van der Waals surface area contributed by atoms with Crippen LogP contribution in [0.3, 0.4) is 0 Å². The van der Waals surface area contributed by atoms with Crippen LogP contribution in [-0.4, -0.2) is 63.6 Å². The summed E-state index contributed by atoms with van der Waals surface area (Å²) in [5, 5.41) is 0.697. The van der Waals surface area contributed by atoms with Gasteiger partial charge in [0, 0.05) is 26.2 Å². The maximum absolute atomic E-state index is 12.6. The molecule has 1 aliphatic rings. The number of thioether (sulfide) groups is 1. The van der Waals surface area contributed by atoms with E-state index < -0.39 is 0 Å². The van der Waals surface area contributed by atoms with E-state index in [1.807, 2.05) is 36.1 Å². The quantitative estimate of drug-likeness (QED) is 0.878. The van der Waals surface area contributed by atoms with Gasteiger partial charge in [-0.1, -0.05) is 30.8 Å². The highest BCUT2D eigenvalue weighted by Gasteiger charge is 2.25. The molecule has 2 aromatic rings. The van der Waals surface area contributed by atoms with Gasteiger partial charge in [0.25, 0.3) is 0 Å². The smallest absolute Gasteiger partial charge is 0.235 e. The number of nitrogens with one attached hydrogen (secondary N) is 1. The van der Waals surface area contributed by atoms with Crippen molar-refractivity contribution in [3.63, 3.8) is 0 Å². The molecule has 0 radical (unpaired) electrons. The monoisotopic (exact) mass is 318 g/mol. The lowest BCUT2D eigenvalue weighted by Crippen LogP contribution is -2.50. The van der Waals surface area contributed by atoms with E-state index >= 15 is 0 Å². The second-order valence-corrected chi connectivity index (χ2v) is 6.91. The van der Waals surface area contributed by atoms with Gasteiger partial charge in [0.2, 0.25) is 5.91 Å². The zero-order valence-electron chi connectivity index (χ0n) is 13.1. The number of fused-ring (bicyclic) bond motifs is 1. The molecule has 1 saturated heterocycles. The van der Waals surface area contributed by atoms with E-state index in [4.69, 9.17) is 0 Å². The molecule has 3 rings (SSSR count). The van der Waals surface area contributed by atoms with Crippen LogP contribution in [0.1, 0.15) is 13.8 Å². The van der Waals surface area contributed by atoms with Gasteiger partial charge in [-0.2, -0.15) is 0 Å². The molecule has 1 fully saturated rings. The highest BCUT2D eigenvalue weighted by molar-refractivity contribution is 8.00. The predicted molar refractivity (Wildman–Crippen MR) is 90.1 cm³/mol. The molecule has 0 saturated carbocycles. The first-order valence-corrected chi connectivity index (χ1v) is 8.68. The van der Waals surface area contributed by atoms with Crippen LogP contribution in [0.2, 0.25) is 0 Å². The topological polar surface area (TPSA) is 52.2 Å². The zero-order valence-corrected chi connectivity index (χ0v) is 13.9. The molecule has 0 unspecified atom stereocenters.